The molecule has 2 aromatic carbocycles. The van der Waals surface area contributed by atoms with Gasteiger partial charge in [0.05, 0.1) is 52.9 Å². The molecule has 0 spiro atoms. The molecule has 4 rings (SSSR count). The second-order valence-electron chi connectivity index (χ2n) is 10.6. The highest BCUT2D eigenvalue weighted by Crippen LogP contribution is 2.23. The Hall–Kier alpha value is -5.06. The number of hydroxylamine groups is 1. The number of benzene rings is 2. The third-order valence-electron chi connectivity index (χ3n) is 7.05. The maximum atomic E-state index is 13.4. The molecule has 0 saturated carbocycles. The van der Waals surface area contributed by atoms with E-state index in [1.54, 1.807) is 6.07 Å². The Balaban J connectivity index is 1.62. The van der Waals surface area contributed by atoms with E-state index in [0.29, 0.717) is 0 Å². The molecule has 0 saturated heterocycles. The smallest absolute Gasteiger partial charge is 0.294 e. The standard InChI is InChI=1S/C31H34N6O12S2/c38-16-14-32-29(40)28-24(31(42)37(35-28)19-22-9-5-7-13-27(22)51(46,47)48)11-3-1-2-10-23-25(20-49-33-15-17-39)34-36(30(23)41)18-21-8-4-6-12-26(21)50(43,44)45/h1-13,33-34,38-39H,14-20H2,(H,32,40)(H,43,44,45)(H,46,47,48)/b3-1+,10-2+,24-11+. The van der Waals surface area contributed by atoms with Gasteiger partial charge in [0.15, 0.2) is 5.71 Å². The molecule has 0 unspecified atom stereocenters. The fourth-order valence-electron chi connectivity index (χ4n) is 4.79. The first-order valence-electron chi connectivity index (χ1n) is 15.0. The predicted molar refractivity (Wildman–Crippen MR) is 181 cm³/mol. The molecule has 18 nitrogen and oxygen atoms in total. The van der Waals surface area contributed by atoms with Crippen molar-refractivity contribution in [2.45, 2.75) is 29.5 Å². The van der Waals surface area contributed by atoms with Gasteiger partial charge in [-0.1, -0.05) is 54.6 Å². The van der Waals surface area contributed by atoms with Crippen LogP contribution in [0.25, 0.3) is 6.08 Å². The first kappa shape index (κ1) is 38.7. The monoisotopic (exact) mass is 746 g/mol. The van der Waals surface area contributed by atoms with Crippen LogP contribution in [0.1, 0.15) is 22.4 Å². The Kier molecular flexibility index (Phi) is 13.1. The summed E-state index contributed by atoms with van der Waals surface area (Å²) in [5.41, 5.74) is 1.98. The van der Waals surface area contributed by atoms with Gasteiger partial charge >= 0.3 is 0 Å². The zero-order chi connectivity index (χ0) is 37.2. The minimum atomic E-state index is -4.64. The summed E-state index contributed by atoms with van der Waals surface area (Å²) in [4.78, 5) is 44.0. The van der Waals surface area contributed by atoms with Gasteiger partial charge in [-0.2, -0.15) is 27.4 Å². The van der Waals surface area contributed by atoms with Crippen LogP contribution in [0.5, 0.6) is 0 Å². The van der Waals surface area contributed by atoms with E-state index in [1.807, 2.05) is 0 Å². The predicted octanol–water partition coefficient (Wildman–Crippen LogP) is -0.266. The number of amides is 2. The van der Waals surface area contributed by atoms with E-state index < -0.39 is 49.1 Å². The van der Waals surface area contributed by atoms with Gasteiger partial charge in [-0.05, 0) is 35.4 Å². The van der Waals surface area contributed by atoms with Crippen LogP contribution in [-0.2, 0) is 54.4 Å². The van der Waals surface area contributed by atoms with E-state index in [0.717, 1.165) is 15.8 Å². The molecule has 3 aromatic rings. The zero-order valence-electron chi connectivity index (χ0n) is 26.7. The second kappa shape index (κ2) is 17.2. The molecular weight excluding hydrogens is 713 g/mol. The summed E-state index contributed by atoms with van der Waals surface area (Å²) in [5.74, 6) is -1.56. The average Bonchev–Trinajstić information content (AvgIpc) is 3.55. The summed E-state index contributed by atoms with van der Waals surface area (Å²) in [7, 11) is -9.22. The first-order chi connectivity index (χ1) is 24.3. The van der Waals surface area contributed by atoms with Crippen LogP contribution in [0.4, 0.5) is 0 Å². The molecule has 272 valence electrons. The Labute approximate surface area is 291 Å². The summed E-state index contributed by atoms with van der Waals surface area (Å²) >= 11 is 0. The lowest BCUT2D eigenvalue weighted by Gasteiger charge is -2.13. The molecule has 1 aliphatic heterocycles. The number of aromatic nitrogens is 2. The van der Waals surface area contributed by atoms with Gasteiger partial charge in [-0.3, -0.25) is 33.4 Å². The molecule has 2 heterocycles. The Morgan fingerprint density at radius 2 is 1.47 bits per heavy atom. The molecule has 0 fully saturated rings. The first-order valence-corrected chi connectivity index (χ1v) is 17.9. The number of hydrogen-bond acceptors (Lipinski definition) is 12. The molecule has 0 bridgehead atoms. The van der Waals surface area contributed by atoms with Crippen LogP contribution in [0.2, 0.25) is 0 Å². The Morgan fingerprint density at radius 1 is 0.863 bits per heavy atom. The van der Waals surface area contributed by atoms with Crippen molar-refractivity contribution in [3.8, 4) is 0 Å². The number of hydrazone groups is 1. The van der Waals surface area contributed by atoms with Crippen molar-refractivity contribution < 1.29 is 50.6 Å². The zero-order valence-corrected chi connectivity index (χ0v) is 28.3. The Morgan fingerprint density at radius 3 is 2.08 bits per heavy atom. The number of H-pyrrole nitrogens is 1. The summed E-state index contributed by atoms with van der Waals surface area (Å²) in [5, 5.41) is 28.3. The maximum Gasteiger partial charge on any atom is 0.294 e. The van der Waals surface area contributed by atoms with Crippen molar-refractivity contribution in [1.29, 1.82) is 0 Å². The molecule has 0 atom stereocenters. The van der Waals surface area contributed by atoms with Gasteiger partial charge < -0.3 is 15.5 Å². The lowest BCUT2D eigenvalue weighted by atomic mass is 10.1. The number of aromatic amines is 1. The SMILES string of the molecule is O=C(NCCO)C1=NN(Cc2ccccc2S(=O)(=O)O)C(=O)/C1=C/C=C/C=C/c1c(CONCCO)[nH]n(Cc2ccccc2S(=O)(=O)O)c1=O. The van der Waals surface area contributed by atoms with Crippen molar-refractivity contribution in [1.82, 2.24) is 25.6 Å². The molecule has 1 aromatic heterocycles. The van der Waals surface area contributed by atoms with E-state index >= 15 is 0 Å². The fraction of sp³-hybridized carbons (Fsp3) is 0.226. The maximum absolute atomic E-state index is 13.4. The summed E-state index contributed by atoms with van der Waals surface area (Å²) < 4.78 is 67.8. The van der Waals surface area contributed by atoms with Crippen LogP contribution in [-0.4, -0.2) is 94.8 Å². The number of allylic oxidation sites excluding steroid dienone is 4. The largest absolute Gasteiger partial charge is 0.395 e. The molecule has 1 aliphatic rings. The number of carbonyl (C=O) groups is 2. The van der Waals surface area contributed by atoms with Gasteiger partial charge in [0.1, 0.15) is 6.61 Å². The van der Waals surface area contributed by atoms with Crippen molar-refractivity contribution in [2.24, 2.45) is 5.10 Å². The summed E-state index contributed by atoms with van der Waals surface area (Å²) in [6.45, 7) is -1.48. The number of hydrogen-bond donors (Lipinski definition) is 7. The highest BCUT2D eigenvalue weighted by atomic mass is 32.2. The molecule has 2 amide bonds. The summed E-state index contributed by atoms with van der Waals surface area (Å²) in [6.07, 6.45) is 6.91. The van der Waals surface area contributed by atoms with E-state index in [2.05, 4.69) is 21.0 Å². The van der Waals surface area contributed by atoms with E-state index in [4.69, 9.17) is 15.1 Å². The molecule has 0 aliphatic carbocycles. The fourth-order valence-corrected chi connectivity index (χ4v) is 6.22. The highest BCUT2D eigenvalue weighted by Gasteiger charge is 2.34. The lowest BCUT2D eigenvalue weighted by molar-refractivity contribution is -0.126. The number of aliphatic hydroxyl groups excluding tert-OH is 2. The van der Waals surface area contributed by atoms with Gasteiger partial charge in [-0.15, -0.1) is 0 Å². The normalized spacial score (nSPS) is 14.7. The molecule has 51 heavy (non-hydrogen) atoms. The number of nitrogens with one attached hydrogen (secondary N) is 3. The second-order valence-corrected chi connectivity index (χ2v) is 13.4. The molecule has 7 N–H and O–H groups in total. The van der Waals surface area contributed by atoms with Crippen molar-refractivity contribution in [3.63, 3.8) is 0 Å². The van der Waals surface area contributed by atoms with Gasteiger partial charge in [0.2, 0.25) is 0 Å². The van der Waals surface area contributed by atoms with Crippen LogP contribution >= 0.6 is 0 Å². The highest BCUT2D eigenvalue weighted by molar-refractivity contribution is 7.86. The molecule has 0 radical (unpaired) electrons. The Bertz CT molecular complexity index is 2170. The van der Waals surface area contributed by atoms with Gasteiger partial charge in [0, 0.05) is 13.1 Å². The topological polar surface area (TPSA) is 270 Å². The van der Waals surface area contributed by atoms with Gasteiger partial charge in [0.25, 0.3) is 37.6 Å². The average molecular weight is 747 g/mol. The number of rotatable bonds is 17. The van der Waals surface area contributed by atoms with Crippen molar-refractivity contribution >= 4 is 43.8 Å². The van der Waals surface area contributed by atoms with Crippen molar-refractivity contribution in [3.05, 3.63) is 111 Å². The van der Waals surface area contributed by atoms with Crippen molar-refractivity contribution in [2.75, 3.05) is 26.3 Å². The minimum Gasteiger partial charge on any atom is -0.395 e. The third kappa shape index (κ3) is 10.0. The number of carbonyl (C=O) groups excluding carboxylic acids is 2. The van der Waals surface area contributed by atoms with Crippen LogP contribution < -0.4 is 16.4 Å². The third-order valence-corrected chi connectivity index (χ3v) is 8.96. The quantitative estimate of drug-likeness (QED) is 0.0309. The van der Waals surface area contributed by atoms with Crippen LogP contribution in [0, 0.1) is 0 Å². The van der Waals surface area contributed by atoms with Crippen LogP contribution in [0.15, 0.2) is 98.1 Å². The lowest BCUT2D eigenvalue weighted by Crippen LogP contribution is -2.33. The van der Waals surface area contributed by atoms with Crippen LogP contribution in [0.3, 0.4) is 0 Å². The van der Waals surface area contributed by atoms with E-state index in [1.165, 1.54) is 66.8 Å². The molecule has 20 heteroatoms. The van der Waals surface area contributed by atoms with Gasteiger partial charge in [-0.25, -0.2) is 9.69 Å². The van der Waals surface area contributed by atoms with E-state index in [-0.39, 0.29) is 78.0 Å². The minimum absolute atomic E-state index is 0.0388. The molecular formula is C31H34N6O12S2. The summed E-state index contributed by atoms with van der Waals surface area (Å²) in [6, 6.07) is 11.0. The number of nitrogens with zero attached hydrogens (tertiary/aromatic N) is 3. The van der Waals surface area contributed by atoms with E-state index in [9.17, 15) is 40.3 Å². The number of aliphatic hydroxyl groups is 2.